The van der Waals surface area contributed by atoms with E-state index in [9.17, 15) is 14.4 Å². The molecular formula is C24H19FN4O. The average molecular weight is 398 g/mol. The number of amides is 1. The number of halogens is 1. The Hall–Kier alpha value is -3.33. The summed E-state index contributed by atoms with van der Waals surface area (Å²) in [4.78, 5) is 21.3. The number of carbonyl (C=O) groups excluding carboxylic acids is 1. The summed E-state index contributed by atoms with van der Waals surface area (Å²) in [6, 6.07) is 13.1. The van der Waals surface area contributed by atoms with Gasteiger partial charge in [0, 0.05) is 40.9 Å². The minimum Gasteiger partial charge on any atom is -0.310 e. The second-order valence-corrected chi connectivity index (χ2v) is 8.92. The Morgan fingerprint density at radius 3 is 2.77 bits per heavy atom. The Morgan fingerprint density at radius 1 is 1.20 bits per heavy atom. The van der Waals surface area contributed by atoms with Gasteiger partial charge in [-0.2, -0.15) is 5.26 Å². The number of rotatable bonds is 4. The van der Waals surface area contributed by atoms with E-state index in [4.69, 9.17) is 0 Å². The van der Waals surface area contributed by atoms with Crippen LogP contribution in [0, 0.1) is 28.5 Å². The zero-order chi connectivity index (χ0) is 20.5. The van der Waals surface area contributed by atoms with Gasteiger partial charge in [-0.3, -0.25) is 9.78 Å². The first-order valence-corrected chi connectivity index (χ1v) is 10.3. The van der Waals surface area contributed by atoms with Crippen molar-refractivity contribution in [2.75, 3.05) is 5.32 Å². The van der Waals surface area contributed by atoms with E-state index in [0.717, 1.165) is 36.8 Å². The number of pyridine rings is 2. The topological polar surface area (TPSA) is 78.7 Å². The van der Waals surface area contributed by atoms with E-state index in [-0.39, 0.29) is 29.0 Å². The molecule has 6 heteroatoms. The summed E-state index contributed by atoms with van der Waals surface area (Å²) in [6.07, 6.45) is 6.81. The fraction of sp³-hybridized carbons (Fsp3) is 0.333. The monoisotopic (exact) mass is 398 g/mol. The molecule has 1 spiro atoms. The highest BCUT2D eigenvalue weighted by molar-refractivity contribution is 5.96. The van der Waals surface area contributed by atoms with Crippen molar-refractivity contribution in [2.24, 2.45) is 11.3 Å². The summed E-state index contributed by atoms with van der Waals surface area (Å²) >= 11 is 0. The molecule has 0 radical (unpaired) electrons. The normalized spacial score (nSPS) is 27.5. The molecule has 6 rings (SSSR count). The largest absolute Gasteiger partial charge is 0.310 e. The van der Waals surface area contributed by atoms with Crippen LogP contribution in [0.15, 0.2) is 48.8 Å². The second-order valence-electron chi connectivity index (χ2n) is 8.92. The van der Waals surface area contributed by atoms with Gasteiger partial charge in [-0.25, -0.2) is 9.37 Å². The van der Waals surface area contributed by atoms with Gasteiger partial charge < -0.3 is 5.32 Å². The number of hydrogen-bond acceptors (Lipinski definition) is 4. The van der Waals surface area contributed by atoms with Crippen LogP contribution in [0.5, 0.6) is 0 Å². The third-order valence-corrected chi connectivity index (χ3v) is 7.14. The van der Waals surface area contributed by atoms with Gasteiger partial charge >= 0.3 is 0 Å². The lowest BCUT2D eigenvalue weighted by Crippen LogP contribution is -2.15. The van der Waals surface area contributed by atoms with E-state index in [2.05, 4.69) is 21.4 Å². The minimum atomic E-state index is -0.693. The highest BCUT2D eigenvalue weighted by Crippen LogP contribution is 2.78. The van der Waals surface area contributed by atoms with Crippen LogP contribution in [-0.2, 0) is 10.2 Å². The number of nitrogens with zero attached hydrogens (tertiary/aromatic N) is 3. The van der Waals surface area contributed by atoms with Gasteiger partial charge in [0.25, 0.3) is 0 Å². The molecular weight excluding hydrogens is 379 g/mol. The molecule has 3 aliphatic rings. The molecule has 1 amide bonds. The van der Waals surface area contributed by atoms with E-state index in [1.165, 1.54) is 6.07 Å². The number of benzene rings is 1. The molecule has 3 aliphatic carbocycles. The first kappa shape index (κ1) is 17.5. The van der Waals surface area contributed by atoms with E-state index in [1.54, 1.807) is 24.5 Å². The molecule has 30 heavy (non-hydrogen) atoms. The Balaban J connectivity index is 1.26. The lowest BCUT2D eigenvalue weighted by molar-refractivity contribution is -0.117. The van der Waals surface area contributed by atoms with E-state index >= 15 is 0 Å². The molecule has 3 atom stereocenters. The van der Waals surface area contributed by atoms with Crippen LogP contribution in [0.2, 0.25) is 0 Å². The molecule has 148 valence electrons. The Labute approximate surface area is 173 Å². The molecule has 1 aromatic carbocycles. The molecule has 2 heterocycles. The third kappa shape index (κ3) is 2.48. The Kier molecular flexibility index (Phi) is 3.42. The van der Waals surface area contributed by atoms with Crippen LogP contribution in [-0.4, -0.2) is 15.9 Å². The molecule has 3 aromatic rings. The quantitative estimate of drug-likeness (QED) is 0.704. The van der Waals surface area contributed by atoms with E-state index in [1.807, 2.05) is 18.2 Å². The first-order valence-electron chi connectivity index (χ1n) is 10.3. The van der Waals surface area contributed by atoms with Gasteiger partial charge in [0.1, 0.15) is 11.6 Å². The van der Waals surface area contributed by atoms with Gasteiger partial charge in [-0.05, 0) is 66.8 Å². The second kappa shape index (κ2) is 5.85. The molecule has 5 nitrogen and oxygen atoms in total. The van der Waals surface area contributed by atoms with Crippen LogP contribution in [0.4, 0.5) is 10.2 Å². The molecule has 1 N–H and O–H groups in total. The van der Waals surface area contributed by atoms with Crippen LogP contribution in [0.3, 0.4) is 0 Å². The molecule has 0 saturated heterocycles. The van der Waals surface area contributed by atoms with Gasteiger partial charge in [0.2, 0.25) is 5.91 Å². The molecule has 2 aromatic heterocycles. The SMILES string of the molecule is N#C[C@@]1(c2cc3cc(NC(=O)[C@H]4C[C@@H]4c4ccccn4)ncc3cc2F)CC12CC2. The van der Waals surface area contributed by atoms with Crippen LogP contribution in [0.25, 0.3) is 10.8 Å². The van der Waals surface area contributed by atoms with E-state index < -0.39 is 5.41 Å². The molecule has 0 unspecified atom stereocenters. The fourth-order valence-electron chi connectivity index (χ4n) is 5.00. The van der Waals surface area contributed by atoms with Crippen molar-refractivity contribution < 1.29 is 9.18 Å². The maximum absolute atomic E-state index is 14.8. The smallest absolute Gasteiger partial charge is 0.229 e. The van der Waals surface area contributed by atoms with Crippen molar-refractivity contribution in [2.45, 2.75) is 37.0 Å². The van der Waals surface area contributed by atoms with Crippen molar-refractivity contribution in [3.05, 3.63) is 65.9 Å². The summed E-state index contributed by atoms with van der Waals surface area (Å²) in [5.41, 5.74) is 0.717. The van der Waals surface area contributed by atoms with Crippen LogP contribution < -0.4 is 5.32 Å². The van der Waals surface area contributed by atoms with E-state index in [0.29, 0.717) is 16.8 Å². The van der Waals surface area contributed by atoms with Gasteiger partial charge in [0.05, 0.1) is 11.5 Å². The number of fused-ring (bicyclic) bond motifs is 1. The standard InChI is InChI=1S/C24H19FN4O/c25-19-8-15-11-28-21(29-22(30)17-10-16(17)20-3-1-2-6-27-20)9-14(15)7-18(19)24(13-26)12-23(24)4-5-23/h1-3,6-9,11,16-17H,4-5,10,12H2,(H,28,29,30)/t16-,17-,24+/m0/s1. The molecule has 0 aliphatic heterocycles. The highest BCUT2D eigenvalue weighted by atomic mass is 19.1. The maximum Gasteiger partial charge on any atom is 0.229 e. The van der Waals surface area contributed by atoms with Crippen LogP contribution >= 0.6 is 0 Å². The summed E-state index contributed by atoms with van der Waals surface area (Å²) in [5.74, 6) is 0.0615. The van der Waals surface area contributed by atoms with Gasteiger partial charge in [-0.15, -0.1) is 0 Å². The molecule has 0 bridgehead atoms. The zero-order valence-corrected chi connectivity index (χ0v) is 16.2. The molecule has 3 fully saturated rings. The molecule has 3 saturated carbocycles. The highest BCUT2D eigenvalue weighted by Gasteiger charge is 2.76. The Bertz CT molecular complexity index is 1250. The lowest BCUT2D eigenvalue weighted by Gasteiger charge is -2.12. The predicted molar refractivity (Wildman–Crippen MR) is 109 cm³/mol. The lowest BCUT2D eigenvalue weighted by atomic mass is 9.91. The van der Waals surface area contributed by atoms with Gasteiger partial charge in [-0.1, -0.05) is 6.07 Å². The summed E-state index contributed by atoms with van der Waals surface area (Å²) < 4.78 is 14.8. The Morgan fingerprint density at radius 2 is 2.07 bits per heavy atom. The first-order chi connectivity index (χ1) is 14.6. The number of carbonyl (C=O) groups is 1. The fourth-order valence-corrected chi connectivity index (χ4v) is 5.00. The maximum atomic E-state index is 14.8. The number of nitrogens with one attached hydrogen (secondary N) is 1. The summed E-state index contributed by atoms with van der Waals surface area (Å²) in [6.45, 7) is 0. The summed E-state index contributed by atoms with van der Waals surface area (Å²) in [5, 5.41) is 14.1. The van der Waals surface area contributed by atoms with Crippen molar-refractivity contribution in [1.29, 1.82) is 5.26 Å². The number of aromatic nitrogens is 2. The predicted octanol–water partition coefficient (Wildman–Crippen LogP) is 4.46. The van der Waals surface area contributed by atoms with Crippen molar-refractivity contribution in [3.63, 3.8) is 0 Å². The summed E-state index contributed by atoms with van der Waals surface area (Å²) in [7, 11) is 0. The third-order valence-electron chi connectivity index (χ3n) is 7.14. The average Bonchev–Trinajstić information content (AvgIpc) is 3.66. The number of anilines is 1. The zero-order valence-electron chi connectivity index (χ0n) is 16.2. The van der Waals surface area contributed by atoms with Gasteiger partial charge in [0.15, 0.2) is 0 Å². The number of nitriles is 1. The van der Waals surface area contributed by atoms with Crippen LogP contribution in [0.1, 0.15) is 42.9 Å². The number of hydrogen-bond donors (Lipinski definition) is 1. The minimum absolute atomic E-state index is 0.00714. The van der Waals surface area contributed by atoms with Crippen molar-refractivity contribution in [1.82, 2.24) is 9.97 Å². The van der Waals surface area contributed by atoms with Crippen molar-refractivity contribution >= 4 is 22.5 Å². The van der Waals surface area contributed by atoms with Crippen molar-refractivity contribution in [3.8, 4) is 6.07 Å².